The highest BCUT2D eigenvalue weighted by molar-refractivity contribution is 5.93. The number of pyridine rings is 1. The lowest BCUT2D eigenvalue weighted by Crippen LogP contribution is -2.24. The molecule has 1 amide bonds. The number of aliphatic hydroxyl groups is 1. The summed E-state index contributed by atoms with van der Waals surface area (Å²) in [6.07, 6.45) is 13.8. The molecule has 182 valence electrons. The van der Waals surface area contributed by atoms with E-state index in [0.29, 0.717) is 23.1 Å². The van der Waals surface area contributed by atoms with Gasteiger partial charge in [0, 0.05) is 24.4 Å². The van der Waals surface area contributed by atoms with Gasteiger partial charge in [0.05, 0.1) is 29.2 Å². The highest BCUT2D eigenvalue weighted by Gasteiger charge is 2.21. The van der Waals surface area contributed by atoms with E-state index < -0.39 is 0 Å². The first kappa shape index (κ1) is 24.3. The van der Waals surface area contributed by atoms with Crippen LogP contribution in [0.5, 0.6) is 0 Å². The zero-order valence-corrected chi connectivity index (χ0v) is 20.1. The lowest BCUT2D eigenvalue weighted by molar-refractivity contribution is -0.120. The number of anilines is 2. The Morgan fingerprint density at radius 1 is 1.09 bits per heavy atom. The Bertz CT molecular complexity index is 975. The molecule has 0 unspecified atom stereocenters. The van der Waals surface area contributed by atoms with Crippen LogP contribution in [-0.4, -0.2) is 44.3 Å². The van der Waals surface area contributed by atoms with Gasteiger partial charge in [-0.1, -0.05) is 32.6 Å². The van der Waals surface area contributed by atoms with Crippen molar-refractivity contribution in [2.45, 2.75) is 83.7 Å². The first-order chi connectivity index (χ1) is 16.6. The van der Waals surface area contributed by atoms with Gasteiger partial charge in [-0.3, -0.25) is 9.78 Å². The van der Waals surface area contributed by atoms with Gasteiger partial charge in [0.2, 0.25) is 11.9 Å². The second-order valence-corrected chi connectivity index (χ2v) is 9.38. The van der Waals surface area contributed by atoms with E-state index in [2.05, 4.69) is 32.5 Å². The molecular formula is C26H36N6O2. The molecule has 34 heavy (non-hydrogen) atoms. The number of hydrogen-bond acceptors (Lipinski definition) is 7. The standard InChI is InChI=1S/C26H36N6O2/c1-2-3-15-27-26-29-17-22(24(32-26)30-19-9-12-21(33)13-10-19)23-14-11-20(16-28-23)31-25(34)18-7-5-4-6-8-18/h11,14,16-18,21,33H,2-10,12-13,15H2,1H3,(H,31,34)(H,27,29,32). The number of amides is 1. The first-order valence-electron chi connectivity index (χ1n) is 12.7. The van der Waals surface area contributed by atoms with Crippen LogP contribution < -0.4 is 10.6 Å². The van der Waals surface area contributed by atoms with E-state index in [1.165, 1.54) is 6.42 Å². The SMILES string of the molecule is CCCCNc1ncc(-c2ccc(NC(=O)C3CCCCC3)cn2)c(N=C2CCC(O)CC2)n1. The third-order valence-corrected chi connectivity index (χ3v) is 6.66. The molecule has 4 rings (SSSR count). The maximum atomic E-state index is 12.6. The quantitative estimate of drug-likeness (QED) is 0.458. The summed E-state index contributed by atoms with van der Waals surface area (Å²) in [7, 11) is 0. The minimum absolute atomic E-state index is 0.0895. The third-order valence-electron chi connectivity index (χ3n) is 6.66. The molecule has 0 saturated heterocycles. The fourth-order valence-corrected chi connectivity index (χ4v) is 4.53. The topological polar surface area (TPSA) is 112 Å². The number of rotatable bonds is 8. The van der Waals surface area contributed by atoms with Crippen LogP contribution in [0.1, 0.15) is 77.6 Å². The monoisotopic (exact) mass is 464 g/mol. The molecule has 8 nitrogen and oxygen atoms in total. The zero-order valence-electron chi connectivity index (χ0n) is 20.1. The Labute approximate surface area is 201 Å². The molecule has 2 aromatic rings. The average molecular weight is 465 g/mol. The van der Waals surface area contributed by atoms with Crippen molar-refractivity contribution in [1.29, 1.82) is 0 Å². The van der Waals surface area contributed by atoms with Crippen LogP contribution in [0.3, 0.4) is 0 Å². The van der Waals surface area contributed by atoms with Gasteiger partial charge < -0.3 is 15.7 Å². The summed E-state index contributed by atoms with van der Waals surface area (Å²) in [4.78, 5) is 31.2. The van der Waals surface area contributed by atoms with Gasteiger partial charge in [0.1, 0.15) is 0 Å². The van der Waals surface area contributed by atoms with Crippen LogP contribution in [0.25, 0.3) is 11.3 Å². The number of hydrogen-bond donors (Lipinski definition) is 3. The number of aliphatic hydroxyl groups excluding tert-OH is 1. The summed E-state index contributed by atoms with van der Waals surface area (Å²) >= 11 is 0. The molecule has 0 atom stereocenters. The van der Waals surface area contributed by atoms with E-state index in [1.54, 1.807) is 12.4 Å². The van der Waals surface area contributed by atoms with Gasteiger partial charge in [-0.05, 0) is 57.1 Å². The maximum Gasteiger partial charge on any atom is 0.227 e. The first-order valence-corrected chi connectivity index (χ1v) is 12.7. The second kappa shape index (κ2) is 12.0. The van der Waals surface area contributed by atoms with Gasteiger partial charge in [-0.15, -0.1) is 0 Å². The summed E-state index contributed by atoms with van der Waals surface area (Å²) in [5.41, 5.74) is 3.21. The van der Waals surface area contributed by atoms with Gasteiger partial charge in [-0.2, -0.15) is 4.98 Å². The highest BCUT2D eigenvalue weighted by atomic mass is 16.3. The predicted octanol–water partition coefficient (Wildman–Crippen LogP) is 5.28. The van der Waals surface area contributed by atoms with E-state index >= 15 is 0 Å². The minimum atomic E-state index is -0.242. The van der Waals surface area contributed by atoms with Crippen molar-refractivity contribution >= 4 is 29.1 Å². The number of aromatic nitrogens is 3. The van der Waals surface area contributed by atoms with E-state index in [-0.39, 0.29) is 17.9 Å². The molecule has 0 bridgehead atoms. The van der Waals surface area contributed by atoms with E-state index in [0.717, 1.165) is 82.0 Å². The molecule has 3 N–H and O–H groups in total. The summed E-state index contributed by atoms with van der Waals surface area (Å²) < 4.78 is 0. The number of unbranched alkanes of at least 4 members (excludes halogenated alkanes) is 1. The van der Waals surface area contributed by atoms with Crippen LogP contribution >= 0.6 is 0 Å². The lowest BCUT2D eigenvalue weighted by Gasteiger charge is -2.20. The Morgan fingerprint density at radius 2 is 1.88 bits per heavy atom. The Morgan fingerprint density at radius 3 is 2.59 bits per heavy atom. The van der Waals surface area contributed by atoms with Crippen molar-refractivity contribution < 1.29 is 9.90 Å². The van der Waals surface area contributed by atoms with Gasteiger partial charge in [-0.25, -0.2) is 9.98 Å². The molecule has 2 aliphatic carbocycles. The number of aliphatic imine (C=N–C) groups is 1. The van der Waals surface area contributed by atoms with Crippen molar-refractivity contribution in [3.8, 4) is 11.3 Å². The Balaban J connectivity index is 1.53. The molecule has 0 aromatic carbocycles. The molecular weight excluding hydrogens is 428 g/mol. The lowest BCUT2D eigenvalue weighted by atomic mass is 9.88. The van der Waals surface area contributed by atoms with E-state index in [9.17, 15) is 9.90 Å². The van der Waals surface area contributed by atoms with Gasteiger partial charge >= 0.3 is 0 Å². The molecule has 8 heteroatoms. The van der Waals surface area contributed by atoms with Crippen LogP contribution in [0.4, 0.5) is 17.5 Å². The Kier molecular flexibility index (Phi) is 8.57. The van der Waals surface area contributed by atoms with Crippen molar-refractivity contribution in [3.63, 3.8) is 0 Å². The van der Waals surface area contributed by atoms with E-state index in [4.69, 9.17) is 4.99 Å². The number of nitrogens with one attached hydrogen (secondary N) is 2. The summed E-state index contributed by atoms with van der Waals surface area (Å²) in [5.74, 6) is 1.34. The van der Waals surface area contributed by atoms with Crippen LogP contribution in [0.2, 0.25) is 0 Å². The van der Waals surface area contributed by atoms with Crippen LogP contribution in [-0.2, 0) is 4.79 Å². The Hall–Kier alpha value is -2.87. The zero-order chi connectivity index (χ0) is 23.8. The molecule has 2 heterocycles. The summed E-state index contributed by atoms with van der Waals surface area (Å²) in [6.45, 7) is 2.96. The molecule has 2 aromatic heterocycles. The van der Waals surface area contributed by atoms with Crippen molar-refractivity contribution in [2.75, 3.05) is 17.2 Å². The third kappa shape index (κ3) is 6.59. The fraction of sp³-hybridized carbons (Fsp3) is 0.577. The van der Waals surface area contributed by atoms with Crippen molar-refractivity contribution in [3.05, 3.63) is 24.5 Å². The van der Waals surface area contributed by atoms with Crippen LogP contribution in [0, 0.1) is 5.92 Å². The molecule has 0 spiro atoms. The molecule has 2 saturated carbocycles. The summed E-state index contributed by atoms with van der Waals surface area (Å²) in [5, 5.41) is 16.1. The van der Waals surface area contributed by atoms with Crippen molar-refractivity contribution in [1.82, 2.24) is 15.0 Å². The highest BCUT2D eigenvalue weighted by Crippen LogP contribution is 2.30. The molecule has 0 aliphatic heterocycles. The normalized spacial score (nSPS) is 19.0. The van der Waals surface area contributed by atoms with Crippen LogP contribution in [0.15, 0.2) is 29.5 Å². The number of carbonyl (C=O) groups is 1. The second-order valence-electron chi connectivity index (χ2n) is 9.38. The summed E-state index contributed by atoms with van der Waals surface area (Å²) in [6, 6.07) is 3.76. The van der Waals surface area contributed by atoms with Crippen molar-refractivity contribution in [2.24, 2.45) is 10.9 Å². The minimum Gasteiger partial charge on any atom is -0.393 e. The fourth-order valence-electron chi connectivity index (χ4n) is 4.53. The van der Waals surface area contributed by atoms with E-state index in [1.807, 2.05) is 12.1 Å². The molecule has 2 aliphatic rings. The van der Waals surface area contributed by atoms with Gasteiger partial charge in [0.15, 0.2) is 5.82 Å². The predicted molar refractivity (Wildman–Crippen MR) is 135 cm³/mol. The number of nitrogens with zero attached hydrogens (tertiary/aromatic N) is 4. The maximum absolute atomic E-state index is 12.6. The smallest absolute Gasteiger partial charge is 0.227 e. The number of carbonyl (C=O) groups excluding carboxylic acids is 1. The van der Waals surface area contributed by atoms with Gasteiger partial charge in [0.25, 0.3) is 0 Å². The molecule has 2 fully saturated rings. The molecule has 0 radical (unpaired) electrons. The average Bonchev–Trinajstić information content (AvgIpc) is 2.87. The largest absolute Gasteiger partial charge is 0.393 e.